The maximum absolute atomic E-state index is 13.5. The van der Waals surface area contributed by atoms with Crippen molar-refractivity contribution in [2.24, 2.45) is 11.7 Å². The summed E-state index contributed by atoms with van der Waals surface area (Å²) in [7, 11) is 3.28. The summed E-state index contributed by atoms with van der Waals surface area (Å²) in [6, 6.07) is 12.6. The molecule has 0 saturated heterocycles. The second kappa shape index (κ2) is 29.7. The number of rotatable bonds is 31. The highest BCUT2D eigenvalue weighted by molar-refractivity contribution is 5.98. The molecule has 2 aromatic carbocycles. The molecule has 0 unspecified atom stereocenters. The third-order valence-electron chi connectivity index (χ3n) is 10.2. The molecule has 0 spiro atoms. The number of fused-ring (bicyclic) bond motifs is 1. The maximum atomic E-state index is 13.5. The quantitative estimate of drug-likeness (QED) is 0.0407. The average molecular weight is 939 g/mol. The molecule has 0 bridgehead atoms. The van der Waals surface area contributed by atoms with Crippen molar-refractivity contribution in [1.29, 1.82) is 0 Å². The van der Waals surface area contributed by atoms with Crippen LogP contribution in [-0.2, 0) is 62.7 Å². The predicted molar refractivity (Wildman–Crippen MR) is 247 cm³/mol. The highest BCUT2D eigenvalue weighted by Gasteiger charge is 2.29. The van der Waals surface area contributed by atoms with Crippen molar-refractivity contribution in [3.05, 3.63) is 65.9 Å². The second-order valence-electron chi connectivity index (χ2n) is 15.7. The van der Waals surface area contributed by atoms with E-state index in [9.17, 15) is 43.5 Å². The van der Waals surface area contributed by atoms with E-state index in [0.717, 1.165) is 16.6 Å². The molecule has 0 aliphatic heterocycles. The zero-order chi connectivity index (χ0) is 49.1. The number of amides is 8. The number of nitrogens with zero attached hydrogens (tertiary/aromatic N) is 1. The molecule has 3 aromatic rings. The monoisotopic (exact) mass is 938 g/mol. The summed E-state index contributed by atoms with van der Waals surface area (Å²) in [5.74, 6) is -3.99. The molecule has 3 rings (SSSR count). The number of nitrogens with two attached hydrogens (primary N) is 1. The number of urea groups is 1. The molecule has 0 saturated carbocycles. The van der Waals surface area contributed by atoms with E-state index in [4.69, 9.17) is 19.9 Å². The maximum Gasteiger partial charge on any atom is 0.407 e. The number of aliphatic carboxylic acids is 1. The van der Waals surface area contributed by atoms with Crippen LogP contribution < -0.4 is 48.3 Å². The van der Waals surface area contributed by atoms with Crippen LogP contribution in [0.1, 0.15) is 63.6 Å². The highest BCUT2D eigenvalue weighted by Crippen LogP contribution is 2.20. The Bertz CT molecular complexity index is 2100. The van der Waals surface area contributed by atoms with Gasteiger partial charge in [0.15, 0.2) is 0 Å². The minimum Gasteiger partial charge on any atom is -0.481 e. The number of hydrogen-bond donors (Lipinski definition) is 10. The Labute approximate surface area is 389 Å². The van der Waals surface area contributed by atoms with Crippen LogP contribution in [-0.4, -0.2) is 129 Å². The third kappa shape index (κ3) is 20.5. The molecule has 3 atom stereocenters. The Balaban J connectivity index is 1.40. The van der Waals surface area contributed by atoms with Crippen LogP contribution >= 0.6 is 0 Å². The highest BCUT2D eigenvalue weighted by atomic mass is 16.5. The van der Waals surface area contributed by atoms with Crippen molar-refractivity contribution >= 4 is 64.2 Å². The number of para-hydroxylation sites is 1. The van der Waals surface area contributed by atoms with Gasteiger partial charge in [0.2, 0.25) is 29.5 Å². The first-order valence-corrected chi connectivity index (χ1v) is 22.1. The SMILES string of the molecule is CNCc1cc2ccccc2n1CCC(=O)N[C@@H](CCC(=O)O)C(=O)NCCOCCOCCC(=O)N[C@H](C(=O)N[C@@H](CCCNC(N)=O)C(=O)Nc1ccc(COC(=O)NC)cc1)C(C)C. The number of aromatic nitrogens is 1. The van der Waals surface area contributed by atoms with E-state index in [1.807, 2.05) is 35.9 Å². The first-order valence-electron chi connectivity index (χ1n) is 22.1. The molecular weight excluding hydrogens is 873 g/mol. The van der Waals surface area contributed by atoms with Crippen molar-refractivity contribution in [3.8, 4) is 0 Å². The summed E-state index contributed by atoms with van der Waals surface area (Å²) in [6.07, 6.45) is -0.579. The Morgan fingerprint density at radius 3 is 2.09 bits per heavy atom. The molecule has 0 aliphatic rings. The van der Waals surface area contributed by atoms with Gasteiger partial charge in [-0.1, -0.05) is 44.2 Å². The molecule has 22 nitrogen and oxygen atoms in total. The van der Waals surface area contributed by atoms with E-state index in [1.165, 1.54) is 7.05 Å². The van der Waals surface area contributed by atoms with Gasteiger partial charge in [0.1, 0.15) is 24.7 Å². The van der Waals surface area contributed by atoms with Crippen LogP contribution in [0.4, 0.5) is 15.3 Å². The van der Waals surface area contributed by atoms with E-state index in [0.29, 0.717) is 30.8 Å². The summed E-state index contributed by atoms with van der Waals surface area (Å²) in [4.78, 5) is 99.5. The Morgan fingerprint density at radius 1 is 0.731 bits per heavy atom. The van der Waals surface area contributed by atoms with Gasteiger partial charge in [-0.15, -0.1) is 0 Å². The molecule has 368 valence electrons. The van der Waals surface area contributed by atoms with Gasteiger partial charge >= 0.3 is 18.1 Å². The molecule has 1 heterocycles. The fraction of sp³-hybridized carbons (Fsp3) is 0.511. The van der Waals surface area contributed by atoms with Gasteiger partial charge in [-0.25, -0.2) is 9.59 Å². The number of primary amides is 1. The van der Waals surface area contributed by atoms with E-state index in [-0.39, 0.29) is 84.1 Å². The Kier molecular flexibility index (Phi) is 24.2. The Hall–Kier alpha value is -6.78. The van der Waals surface area contributed by atoms with Crippen LogP contribution in [0.3, 0.4) is 0 Å². The largest absolute Gasteiger partial charge is 0.481 e. The molecule has 8 amide bonds. The van der Waals surface area contributed by atoms with Crippen molar-refractivity contribution in [3.63, 3.8) is 0 Å². The lowest BCUT2D eigenvalue weighted by atomic mass is 10.0. The van der Waals surface area contributed by atoms with Crippen molar-refractivity contribution in [2.75, 3.05) is 58.9 Å². The summed E-state index contributed by atoms with van der Waals surface area (Å²) in [5, 5.41) is 31.7. The lowest BCUT2D eigenvalue weighted by Gasteiger charge is -2.25. The van der Waals surface area contributed by atoms with Crippen molar-refractivity contribution < 1.29 is 57.7 Å². The summed E-state index contributed by atoms with van der Waals surface area (Å²) >= 11 is 0. The number of benzene rings is 2. The summed E-state index contributed by atoms with van der Waals surface area (Å²) < 4.78 is 18.1. The van der Waals surface area contributed by atoms with Gasteiger partial charge in [0.25, 0.3) is 0 Å². The normalized spacial score (nSPS) is 12.3. The Morgan fingerprint density at radius 2 is 1.42 bits per heavy atom. The van der Waals surface area contributed by atoms with Crippen LogP contribution in [0.15, 0.2) is 54.6 Å². The standard InChI is InChI=1S/C45H66N10O12/c1-29(2)40(43(62)53-34(9-7-19-50-44(46)63)42(61)51-32-13-11-30(12-14-32)28-67-45(64)48-4)54-38(57)18-22-65-24-25-66-23-20-49-41(60)35(15-16-39(58)59)52-37(56)17-21-55-33(27-47-3)26-31-8-5-6-10-36(31)55/h5-6,8,10-14,26,29,34-35,40,47H,7,9,15-25,27-28H2,1-4H3,(H,48,64)(H,49,60)(H,51,61)(H,52,56)(H,53,62)(H,54,57)(H,58,59)(H3,46,50,63)/t34-,35-,40-/m0/s1. The van der Waals surface area contributed by atoms with Crippen LogP contribution in [0.2, 0.25) is 0 Å². The number of ether oxygens (including phenoxy) is 3. The molecule has 0 fully saturated rings. The van der Waals surface area contributed by atoms with Gasteiger partial charge in [-0.2, -0.15) is 0 Å². The van der Waals surface area contributed by atoms with Gasteiger partial charge < -0.3 is 72.2 Å². The van der Waals surface area contributed by atoms with Crippen LogP contribution in [0.25, 0.3) is 10.9 Å². The van der Waals surface area contributed by atoms with E-state index >= 15 is 0 Å². The molecule has 0 radical (unpaired) electrons. The smallest absolute Gasteiger partial charge is 0.407 e. The number of carboxylic acid groups (broad SMARTS) is 1. The van der Waals surface area contributed by atoms with Gasteiger partial charge in [0, 0.05) is 69.4 Å². The van der Waals surface area contributed by atoms with Gasteiger partial charge in [0.05, 0.1) is 26.4 Å². The summed E-state index contributed by atoms with van der Waals surface area (Å²) in [6.45, 7) is 5.06. The molecule has 11 N–H and O–H groups in total. The summed E-state index contributed by atoms with van der Waals surface area (Å²) in [5.41, 5.74) is 8.23. The second-order valence-corrected chi connectivity index (χ2v) is 15.7. The topological polar surface area (TPSA) is 312 Å². The predicted octanol–water partition coefficient (Wildman–Crippen LogP) is 1.21. The average Bonchev–Trinajstić information content (AvgIpc) is 3.65. The van der Waals surface area contributed by atoms with Gasteiger partial charge in [-0.3, -0.25) is 28.8 Å². The number of nitrogens with one attached hydrogen (secondary N) is 8. The minimum atomic E-state index is -1.10. The van der Waals surface area contributed by atoms with Crippen LogP contribution in [0.5, 0.6) is 0 Å². The lowest BCUT2D eigenvalue weighted by molar-refractivity contribution is -0.138. The van der Waals surface area contributed by atoms with Crippen LogP contribution in [0, 0.1) is 5.92 Å². The van der Waals surface area contributed by atoms with E-state index < -0.39 is 65.8 Å². The number of aryl methyl sites for hydroxylation is 1. The fourth-order valence-electron chi connectivity index (χ4n) is 6.70. The molecule has 67 heavy (non-hydrogen) atoms. The number of hydrogen-bond acceptors (Lipinski definition) is 12. The number of carbonyl (C=O) groups is 8. The molecule has 1 aromatic heterocycles. The van der Waals surface area contributed by atoms with Gasteiger partial charge in [-0.05, 0) is 67.4 Å². The zero-order valence-corrected chi connectivity index (χ0v) is 38.6. The van der Waals surface area contributed by atoms with E-state index in [2.05, 4.69) is 48.6 Å². The van der Waals surface area contributed by atoms with Crippen molar-refractivity contribution in [1.82, 2.24) is 41.8 Å². The number of carbonyl (C=O) groups excluding carboxylic acids is 7. The number of carboxylic acids is 1. The molecule has 22 heteroatoms. The fourth-order valence-corrected chi connectivity index (χ4v) is 6.70. The third-order valence-corrected chi connectivity index (χ3v) is 10.2. The molecular formula is C45H66N10O12. The first kappa shape index (κ1) is 54.6. The minimum absolute atomic E-state index is 0.00922. The lowest BCUT2D eigenvalue weighted by Crippen LogP contribution is -2.54. The number of anilines is 1. The first-order chi connectivity index (χ1) is 32.1. The zero-order valence-electron chi connectivity index (χ0n) is 38.6. The van der Waals surface area contributed by atoms with Crippen molar-refractivity contribution in [2.45, 2.75) is 90.2 Å². The molecule has 0 aliphatic carbocycles. The number of alkyl carbamates (subject to hydrolysis) is 1. The van der Waals surface area contributed by atoms with E-state index in [1.54, 1.807) is 38.1 Å².